The van der Waals surface area contributed by atoms with Crippen LogP contribution in [-0.2, 0) is 29.0 Å². The van der Waals surface area contributed by atoms with Gasteiger partial charge in [0.1, 0.15) is 6.04 Å². The van der Waals surface area contributed by atoms with E-state index in [1.54, 1.807) is 23.1 Å². The van der Waals surface area contributed by atoms with E-state index in [4.69, 9.17) is 23.2 Å². The van der Waals surface area contributed by atoms with Crippen LogP contribution in [0.5, 0.6) is 0 Å². The van der Waals surface area contributed by atoms with Crippen LogP contribution in [0, 0.1) is 5.92 Å². The maximum absolute atomic E-state index is 13.7. The molecule has 0 radical (unpaired) electrons. The summed E-state index contributed by atoms with van der Waals surface area (Å²) in [6.07, 6.45) is 0.410. The molecule has 0 aromatic heterocycles. The number of nitrogens with zero attached hydrogens (tertiary/aromatic N) is 1. The second-order valence-electron chi connectivity index (χ2n) is 8.73. The lowest BCUT2D eigenvalue weighted by Crippen LogP contribution is -2.51. The molecule has 0 aliphatic carbocycles. The van der Waals surface area contributed by atoms with Gasteiger partial charge in [0.15, 0.2) is 0 Å². The number of nitrogens with one attached hydrogen (secondary N) is 1. The van der Waals surface area contributed by atoms with Crippen molar-refractivity contribution in [2.24, 2.45) is 5.92 Å². The van der Waals surface area contributed by atoms with Crippen molar-refractivity contribution in [2.75, 3.05) is 6.54 Å². The summed E-state index contributed by atoms with van der Waals surface area (Å²) in [7, 11) is 0. The lowest BCUT2D eigenvalue weighted by molar-refractivity contribution is -0.140. The van der Waals surface area contributed by atoms with Gasteiger partial charge in [-0.1, -0.05) is 104 Å². The normalized spacial score (nSPS) is 11.8. The second-order valence-corrected chi connectivity index (χ2v) is 9.54. The number of hydrogen-bond donors (Lipinski definition) is 1. The first-order chi connectivity index (χ1) is 16.3. The van der Waals surface area contributed by atoms with Gasteiger partial charge in [0.05, 0.1) is 6.42 Å². The number of hydrogen-bond acceptors (Lipinski definition) is 2. The van der Waals surface area contributed by atoms with Gasteiger partial charge in [0, 0.05) is 29.6 Å². The van der Waals surface area contributed by atoms with E-state index in [0.717, 1.165) is 11.1 Å². The molecule has 0 aliphatic heterocycles. The molecule has 0 unspecified atom stereocenters. The molecule has 2 amide bonds. The Kier molecular flexibility index (Phi) is 9.55. The molecule has 0 spiro atoms. The van der Waals surface area contributed by atoms with Crippen molar-refractivity contribution in [1.29, 1.82) is 0 Å². The minimum absolute atomic E-state index is 0.00803. The minimum atomic E-state index is -0.685. The van der Waals surface area contributed by atoms with Crippen molar-refractivity contribution >= 4 is 35.0 Å². The van der Waals surface area contributed by atoms with E-state index >= 15 is 0 Å². The maximum Gasteiger partial charge on any atom is 0.243 e. The zero-order valence-electron chi connectivity index (χ0n) is 19.5. The second kappa shape index (κ2) is 12.6. The molecule has 6 heteroatoms. The van der Waals surface area contributed by atoms with Gasteiger partial charge < -0.3 is 10.2 Å². The van der Waals surface area contributed by atoms with Gasteiger partial charge in [-0.25, -0.2) is 0 Å². The Morgan fingerprint density at radius 3 is 1.94 bits per heavy atom. The van der Waals surface area contributed by atoms with Crippen LogP contribution in [0.1, 0.15) is 30.5 Å². The number of benzene rings is 3. The van der Waals surface area contributed by atoms with Gasteiger partial charge >= 0.3 is 0 Å². The molecule has 3 rings (SSSR count). The van der Waals surface area contributed by atoms with Crippen molar-refractivity contribution in [1.82, 2.24) is 10.2 Å². The fraction of sp³-hybridized carbons (Fsp3) is 0.286. The van der Waals surface area contributed by atoms with Crippen LogP contribution in [-0.4, -0.2) is 29.3 Å². The summed E-state index contributed by atoms with van der Waals surface area (Å²) in [6.45, 7) is 4.92. The Balaban J connectivity index is 1.97. The zero-order chi connectivity index (χ0) is 24.5. The molecule has 1 N–H and O–H groups in total. The third-order valence-corrected chi connectivity index (χ3v) is 6.25. The van der Waals surface area contributed by atoms with Gasteiger partial charge in [-0.15, -0.1) is 0 Å². The van der Waals surface area contributed by atoms with E-state index < -0.39 is 6.04 Å². The monoisotopic (exact) mass is 496 g/mol. The molecule has 0 fully saturated rings. The molecule has 3 aromatic rings. The Hall–Kier alpha value is -2.82. The smallest absolute Gasteiger partial charge is 0.243 e. The molecule has 0 aliphatic rings. The van der Waals surface area contributed by atoms with Crippen molar-refractivity contribution in [3.05, 3.63) is 106 Å². The van der Waals surface area contributed by atoms with Crippen molar-refractivity contribution in [3.63, 3.8) is 0 Å². The number of amides is 2. The Morgan fingerprint density at radius 1 is 0.824 bits per heavy atom. The molecule has 4 nitrogen and oxygen atoms in total. The highest BCUT2D eigenvalue weighted by Crippen LogP contribution is 2.26. The predicted octanol–water partition coefficient (Wildman–Crippen LogP) is 5.95. The highest BCUT2D eigenvalue weighted by molar-refractivity contribution is 6.36. The van der Waals surface area contributed by atoms with Crippen LogP contribution in [0.3, 0.4) is 0 Å². The number of halogens is 2. The van der Waals surface area contributed by atoms with E-state index in [9.17, 15) is 9.59 Å². The first-order valence-electron chi connectivity index (χ1n) is 11.4. The molecule has 1 atom stereocenters. The van der Waals surface area contributed by atoms with Crippen LogP contribution in [0.25, 0.3) is 0 Å². The number of carbonyl (C=O) groups is 2. The van der Waals surface area contributed by atoms with Gasteiger partial charge in [-0.05, 0) is 34.7 Å². The fourth-order valence-electron chi connectivity index (χ4n) is 3.71. The molecule has 3 aromatic carbocycles. The van der Waals surface area contributed by atoms with Gasteiger partial charge in [0.2, 0.25) is 11.8 Å². The largest absolute Gasteiger partial charge is 0.354 e. The lowest BCUT2D eigenvalue weighted by atomic mass is 10.0. The number of carbonyl (C=O) groups excluding carboxylic acids is 2. The SMILES string of the molecule is CC(C)CNC(=O)[C@H](Cc1ccccc1)N(Cc1ccccc1)C(=O)Cc1c(Cl)cccc1Cl. The van der Waals surface area contributed by atoms with Gasteiger partial charge in [-0.2, -0.15) is 0 Å². The van der Waals surface area contributed by atoms with Crippen LogP contribution in [0.2, 0.25) is 10.0 Å². The van der Waals surface area contributed by atoms with E-state index in [0.29, 0.717) is 41.0 Å². The molecule has 0 saturated carbocycles. The lowest BCUT2D eigenvalue weighted by Gasteiger charge is -2.32. The van der Waals surface area contributed by atoms with Crippen molar-refractivity contribution in [3.8, 4) is 0 Å². The molecular weight excluding hydrogens is 467 g/mol. The van der Waals surface area contributed by atoms with Gasteiger partial charge in [0.25, 0.3) is 0 Å². The van der Waals surface area contributed by atoms with Gasteiger partial charge in [-0.3, -0.25) is 9.59 Å². The molecule has 0 saturated heterocycles. The van der Waals surface area contributed by atoms with Crippen LogP contribution >= 0.6 is 23.2 Å². The molecule has 0 bridgehead atoms. The summed E-state index contributed by atoms with van der Waals surface area (Å²) in [5.41, 5.74) is 2.49. The highest BCUT2D eigenvalue weighted by atomic mass is 35.5. The number of rotatable bonds is 10. The van der Waals surface area contributed by atoms with Crippen LogP contribution < -0.4 is 5.32 Å². The van der Waals surface area contributed by atoms with Crippen molar-refractivity contribution < 1.29 is 9.59 Å². The third-order valence-electron chi connectivity index (χ3n) is 5.54. The molecule has 178 valence electrons. The van der Waals surface area contributed by atoms with E-state index in [-0.39, 0.29) is 18.2 Å². The minimum Gasteiger partial charge on any atom is -0.354 e. The molecule has 0 heterocycles. The van der Waals surface area contributed by atoms with E-state index in [1.807, 2.05) is 74.5 Å². The van der Waals surface area contributed by atoms with E-state index in [1.165, 1.54) is 0 Å². The summed E-state index contributed by atoms with van der Waals surface area (Å²) in [5.74, 6) is -0.0897. The fourth-order valence-corrected chi connectivity index (χ4v) is 4.24. The summed E-state index contributed by atoms with van der Waals surface area (Å²) in [6, 6.07) is 23.9. The van der Waals surface area contributed by atoms with Crippen LogP contribution in [0.4, 0.5) is 0 Å². The average molecular weight is 497 g/mol. The summed E-state index contributed by atoms with van der Waals surface area (Å²) in [4.78, 5) is 28.8. The third kappa shape index (κ3) is 7.34. The highest BCUT2D eigenvalue weighted by Gasteiger charge is 2.31. The quantitative estimate of drug-likeness (QED) is 0.377. The van der Waals surface area contributed by atoms with Crippen LogP contribution in [0.15, 0.2) is 78.9 Å². The first kappa shape index (κ1) is 25.8. The Bertz CT molecular complexity index is 1070. The van der Waals surface area contributed by atoms with Crippen molar-refractivity contribution in [2.45, 2.75) is 39.3 Å². The molecular formula is C28H30Cl2N2O2. The molecule has 34 heavy (non-hydrogen) atoms. The Labute approximate surface area is 211 Å². The zero-order valence-corrected chi connectivity index (χ0v) is 21.0. The topological polar surface area (TPSA) is 49.4 Å². The predicted molar refractivity (Wildman–Crippen MR) is 139 cm³/mol. The first-order valence-corrected chi connectivity index (χ1v) is 12.2. The summed E-state index contributed by atoms with van der Waals surface area (Å²) < 4.78 is 0. The average Bonchev–Trinajstić information content (AvgIpc) is 2.83. The summed E-state index contributed by atoms with van der Waals surface area (Å²) >= 11 is 12.7. The maximum atomic E-state index is 13.7. The Morgan fingerprint density at radius 2 is 1.38 bits per heavy atom. The summed E-state index contributed by atoms with van der Waals surface area (Å²) in [5, 5.41) is 3.89. The van der Waals surface area contributed by atoms with E-state index in [2.05, 4.69) is 5.32 Å². The standard InChI is InChI=1S/C28H30Cl2N2O2/c1-20(2)18-31-28(34)26(16-21-10-5-3-6-11-21)32(19-22-12-7-4-8-13-22)27(33)17-23-24(29)14-9-15-25(23)30/h3-15,20,26H,16-19H2,1-2H3,(H,31,34)/t26-/m0/s1.